The first-order valence-corrected chi connectivity index (χ1v) is 3.73. The Kier molecular flexibility index (Phi) is 1.06. The van der Waals surface area contributed by atoms with E-state index >= 15 is 0 Å². The number of H-pyrrole nitrogens is 1. The summed E-state index contributed by atoms with van der Waals surface area (Å²) in [6.07, 6.45) is 1.00. The van der Waals surface area contributed by atoms with Crippen molar-refractivity contribution in [1.29, 1.82) is 0 Å². The molecule has 0 saturated carbocycles. The van der Waals surface area contributed by atoms with Gasteiger partial charge in [0.2, 0.25) is 0 Å². The lowest BCUT2D eigenvalue weighted by Crippen LogP contribution is -2.37. The van der Waals surface area contributed by atoms with E-state index in [9.17, 15) is 4.79 Å². The van der Waals surface area contributed by atoms with Crippen molar-refractivity contribution in [2.45, 2.75) is 32.2 Å². The topological polar surface area (TPSA) is 49.9 Å². The van der Waals surface area contributed by atoms with Crippen molar-refractivity contribution < 1.29 is 9.20 Å². The minimum atomic E-state index is -0.229. The second-order valence-electron chi connectivity index (χ2n) is 3.61. The van der Waals surface area contributed by atoms with Crippen LogP contribution in [0.15, 0.2) is 9.32 Å². The van der Waals surface area contributed by atoms with E-state index in [1.807, 2.05) is 0 Å². The summed E-state index contributed by atoms with van der Waals surface area (Å²) < 4.78 is 6.44. The highest BCUT2D eigenvalue weighted by molar-refractivity contribution is 5.04. The molecule has 11 heavy (non-hydrogen) atoms. The summed E-state index contributed by atoms with van der Waals surface area (Å²) in [6, 6.07) is 0. The molecule has 4 nitrogen and oxygen atoms in total. The average molecular weight is 155 g/mol. The van der Waals surface area contributed by atoms with Gasteiger partial charge in [0.25, 0.3) is 0 Å². The lowest BCUT2D eigenvalue weighted by Gasteiger charge is -2.06. The number of aryl methyl sites for hydroxylation is 1. The molecule has 2 heterocycles. The van der Waals surface area contributed by atoms with Gasteiger partial charge in [0.05, 0.1) is 5.41 Å². The van der Waals surface area contributed by atoms with Crippen LogP contribution < -0.4 is 10.3 Å². The molecule has 0 radical (unpaired) electrons. The second-order valence-corrected chi connectivity index (χ2v) is 3.61. The lowest BCUT2D eigenvalue weighted by atomic mass is 9.89. The molecule has 0 aliphatic carbocycles. The fourth-order valence-corrected chi connectivity index (χ4v) is 1.61. The van der Waals surface area contributed by atoms with E-state index < -0.39 is 0 Å². The van der Waals surface area contributed by atoms with Gasteiger partial charge in [-0.25, -0.2) is 4.79 Å². The smallest absolute Gasteiger partial charge is 0.283 e. The first kappa shape index (κ1) is 6.64. The molecule has 0 amide bonds. The van der Waals surface area contributed by atoms with Crippen molar-refractivity contribution in [3.05, 3.63) is 16.1 Å². The van der Waals surface area contributed by atoms with E-state index in [1.54, 1.807) is 4.68 Å². The summed E-state index contributed by atoms with van der Waals surface area (Å²) in [6.45, 7) is 4.96. The third kappa shape index (κ3) is 0.751. The maximum atomic E-state index is 11.1. The van der Waals surface area contributed by atoms with Gasteiger partial charge in [-0.2, -0.15) is 0 Å². The first-order valence-electron chi connectivity index (χ1n) is 3.73. The number of aromatic nitrogens is 2. The van der Waals surface area contributed by atoms with Crippen molar-refractivity contribution in [2.75, 3.05) is 0 Å². The predicted octanol–water partition coefficient (Wildman–Crippen LogP) is -0.0633. The summed E-state index contributed by atoms with van der Waals surface area (Å²) in [5, 5.41) is 2.57. The van der Waals surface area contributed by atoms with Crippen LogP contribution in [0.1, 0.15) is 26.0 Å². The Morgan fingerprint density at radius 2 is 2.36 bits per heavy atom. The van der Waals surface area contributed by atoms with Crippen molar-refractivity contribution in [3.63, 3.8) is 0 Å². The molecular formula is C7H11N2O2+. The average Bonchev–Trinajstić information content (AvgIpc) is 2.38. The third-order valence-electron chi connectivity index (χ3n) is 2.31. The maximum Gasteiger partial charge on any atom is 0.430 e. The SMILES string of the molecule is CC1(C)CC[n+]2[nH]oc(=O)c21. The quantitative estimate of drug-likeness (QED) is 0.533. The zero-order chi connectivity index (χ0) is 8.06. The number of nitrogens with one attached hydrogen (secondary N) is 1. The van der Waals surface area contributed by atoms with Crippen LogP contribution in [0.3, 0.4) is 0 Å². The largest absolute Gasteiger partial charge is 0.430 e. The summed E-state index contributed by atoms with van der Waals surface area (Å²) in [5.41, 5.74) is 0.505. The highest BCUT2D eigenvalue weighted by Crippen LogP contribution is 2.25. The molecule has 1 aliphatic heterocycles. The molecule has 0 spiro atoms. The number of rotatable bonds is 0. The van der Waals surface area contributed by atoms with Gasteiger partial charge in [-0.3, -0.25) is 4.52 Å². The molecule has 2 rings (SSSR count). The van der Waals surface area contributed by atoms with Gasteiger partial charge >= 0.3 is 11.3 Å². The first-order chi connectivity index (χ1) is 5.11. The zero-order valence-electron chi connectivity index (χ0n) is 6.68. The Morgan fingerprint density at radius 3 is 3.00 bits per heavy atom. The van der Waals surface area contributed by atoms with Gasteiger partial charge in [0, 0.05) is 6.42 Å². The highest BCUT2D eigenvalue weighted by Gasteiger charge is 2.43. The van der Waals surface area contributed by atoms with E-state index in [4.69, 9.17) is 0 Å². The van der Waals surface area contributed by atoms with Crippen LogP contribution >= 0.6 is 0 Å². The van der Waals surface area contributed by atoms with Crippen molar-refractivity contribution in [1.82, 2.24) is 5.27 Å². The van der Waals surface area contributed by atoms with Gasteiger partial charge < -0.3 is 0 Å². The molecule has 0 saturated heterocycles. The Balaban J connectivity index is 2.69. The predicted molar refractivity (Wildman–Crippen MR) is 37.2 cm³/mol. The van der Waals surface area contributed by atoms with E-state index in [1.165, 1.54) is 0 Å². The molecule has 0 aromatic carbocycles. The molecule has 1 aromatic heterocycles. The van der Waals surface area contributed by atoms with Crippen LogP contribution in [-0.4, -0.2) is 5.27 Å². The van der Waals surface area contributed by atoms with Crippen LogP contribution in [0.2, 0.25) is 0 Å². The minimum absolute atomic E-state index is 0.0272. The summed E-state index contributed by atoms with van der Waals surface area (Å²) >= 11 is 0. The Hall–Kier alpha value is -1.06. The second kappa shape index (κ2) is 1.75. The molecule has 0 unspecified atom stereocenters. The molecule has 0 fully saturated rings. The Bertz CT molecular complexity index is 334. The monoisotopic (exact) mass is 155 g/mol. The standard InChI is InChI=1S/C7H10N2O2/c1-7(2)3-4-9-5(7)6(10)11-8-9/h3-4H2,1-2H3/p+1. The van der Waals surface area contributed by atoms with Crippen molar-refractivity contribution >= 4 is 0 Å². The summed E-state index contributed by atoms with van der Waals surface area (Å²) in [4.78, 5) is 11.1. The zero-order valence-corrected chi connectivity index (χ0v) is 6.68. The van der Waals surface area contributed by atoms with Crippen LogP contribution in [0.5, 0.6) is 0 Å². The van der Waals surface area contributed by atoms with Crippen LogP contribution in [0.25, 0.3) is 0 Å². The molecule has 0 bridgehead atoms. The van der Waals surface area contributed by atoms with Crippen molar-refractivity contribution in [3.8, 4) is 0 Å². The number of nitrogens with zero attached hydrogens (tertiary/aromatic N) is 1. The minimum Gasteiger partial charge on any atom is -0.283 e. The van der Waals surface area contributed by atoms with E-state index in [0.29, 0.717) is 0 Å². The van der Waals surface area contributed by atoms with Crippen LogP contribution in [-0.2, 0) is 12.0 Å². The van der Waals surface area contributed by atoms with Crippen LogP contribution in [0.4, 0.5) is 0 Å². The normalized spacial score (nSPS) is 20.2. The number of hydrogen-bond donors (Lipinski definition) is 1. The molecule has 1 N–H and O–H groups in total. The van der Waals surface area contributed by atoms with E-state index in [-0.39, 0.29) is 11.0 Å². The van der Waals surface area contributed by atoms with E-state index in [0.717, 1.165) is 18.7 Å². The molecule has 1 aromatic rings. The fourth-order valence-electron chi connectivity index (χ4n) is 1.61. The number of aromatic amines is 1. The van der Waals surface area contributed by atoms with Crippen LogP contribution in [0, 0.1) is 0 Å². The number of hydrogen-bond acceptors (Lipinski definition) is 2. The lowest BCUT2D eigenvalue weighted by molar-refractivity contribution is -0.757. The summed E-state index contributed by atoms with van der Waals surface area (Å²) in [7, 11) is 0. The maximum absolute atomic E-state index is 11.1. The third-order valence-corrected chi connectivity index (χ3v) is 2.31. The molecule has 4 heteroatoms. The Labute approximate surface area is 63.8 Å². The molecular weight excluding hydrogens is 144 g/mol. The summed E-state index contributed by atoms with van der Waals surface area (Å²) in [5.74, 6) is 0. The van der Waals surface area contributed by atoms with Crippen molar-refractivity contribution in [2.24, 2.45) is 0 Å². The Morgan fingerprint density at radius 1 is 1.64 bits per heavy atom. The van der Waals surface area contributed by atoms with Gasteiger partial charge in [-0.15, -0.1) is 0 Å². The van der Waals surface area contributed by atoms with E-state index in [2.05, 4.69) is 23.6 Å². The van der Waals surface area contributed by atoms with Gasteiger partial charge in [0.1, 0.15) is 0 Å². The molecule has 1 aliphatic rings. The van der Waals surface area contributed by atoms with Gasteiger partial charge in [-0.05, 0) is 19.1 Å². The molecule has 60 valence electrons. The van der Waals surface area contributed by atoms with Gasteiger partial charge in [0.15, 0.2) is 6.54 Å². The highest BCUT2D eigenvalue weighted by atomic mass is 16.5. The van der Waals surface area contributed by atoms with Gasteiger partial charge in [-0.1, -0.05) is 4.68 Å². The molecule has 0 atom stereocenters. The fraction of sp³-hybridized carbons (Fsp3) is 0.714. The number of fused-ring (bicyclic) bond motifs is 1.